The maximum Gasteiger partial charge on any atom is 0.253 e. The van der Waals surface area contributed by atoms with Crippen molar-refractivity contribution in [3.8, 4) is 5.75 Å². The van der Waals surface area contributed by atoms with E-state index in [2.05, 4.69) is 21.3 Å². The van der Waals surface area contributed by atoms with Crippen LogP contribution in [0, 0.1) is 6.92 Å². The van der Waals surface area contributed by atoms with Crippen LogP contribution in [0.25, 0.3) is 0 Å². The van der Waals surface area contributed by atoms with Gasteiger partial charge in [-0.05, 0) is 24.6 Å². The van der Waals surface area contributed by atoms with Gasteiger partial charge in [0.2, 0.25) is 0 Å². The van der Waals surface area contributed by atoms with Crippen LogP contribution in [0.4, 0.5) is 5.82 Å². The number of amides is 1. The SMILES string of the molecule is Cc1cc2c(nc1N1CCC(Oc3cnc4c(c3)COC4)CC1)CNC2=O. The van der Waals surface area contributed by atoms with Gasteiger partial charge < -0.3 is 19.7 Å². The van der Waals surface area contributed by atoms with E-state index in [0.717, 1.165) is 60.0 Å². The Morgan fingerprint density at radius 2 is 2.07 bits per heavy atom. The standard InChI is InChI=1S/C20H22N4O3/c1-12-6-16-17(9-22-20(16)25)23-19(12)24-4-2-14(3-5-24)27-15-7-13-10-26-11-18(13)21-8-15/h6-8,14H,2-5,9-11H2,1H3,(H,22,25). The van der Waals surface area contributed by atoms with Crippen LogP contribution in [0.3, 0.4) is 0 Å². The van der Waals surface area contributed by atoms with Gasteiger partial charge in [-0.25, -0.2) is 4.98 Å². The lowest BCUT2D eigenvalue weighted by atomic mass is 10.1. The summed E-state index contributed by atoms with van der Waals surface area (Å²) in [4.78, 5) is 23.3. The molecule has 0 radical (unpaired) electrons. The predicted octanol–water partition coefficient (Wildman–Crippen LogP) is 2.11. The Morgan fingerprint density at radius 1 is 1.22 bits per heavy atom. The first-order valence-corrected chi connectivity index (χ1v) is 9.43. The largest absolute Gasteiger partial charge is 0.489 e. The Hall–Kier alpha value is -2.67. The fourth-order valence-electron chi connectivity index (χ4n) is 4.02. The normalized spacial score (nSPS) is 19.0. The highest BCUT2D eigenvalue weighted by Crippen LogP contribution is 2.28. The summed E-state index contributed by atoms with van der Waals surface area (Å²) in [6.07, 6.45) is 3.85. The maximum atomic E-state index is 11.8. The maximum absolute atomic E-state index is 11.8. The minimum atomic E-state index is -0.0207. The summed E-state index contributed by atoms with van der Waals surface area (Å²) >= 11 is 0. The number of aromatic nitrogens is 2. The number of carbonyl (C=O) groups is 1. The molecule has 27 heavy (non-hydrogen) atoms. The van der Waals surface area contributed by atoms with Crippen LogP contribution < -0.4 is 15.0 Å². The van der Waals surface area contributed by atoms with E-state index in [4.69, 9.17) is 14.5 Å². The zero-order chi connectivity index (χ0) is 18.4. The van der Waals surface area contributed by atoms with Gasteiger partial charge in [0.25, 0.3) is 5.91 Å². The second kappa shape index (κ2) is 6.49. The second-order valence-corrected chi connectivity index (χ2v) is 7.38. The third-order valence-electron chi connectivity index (χ3n) is 5.50. The lowest BCUT2D eigenvalue weighted by Gasteiger charge is -2.34. The Balaban J connectivity index is 1.25. The molecule has 7 nitrogen and oxygen atoms in total. The Morgan fingerprint density at radius 3 is 2.93 bits per heavy atom. The molecule has 0 spiro atoms. The van der Waals surface area contributed by atoms with Gasteiger partial charge in [-0.1, -0.05) is 0 Å². The van der Waals surface area contributed by atoms with Crippen LogP contribution >= 0.6 is 0 Å². The zero-order valence-electron chi connectivity index (χ0n) is 15.3. The number of fused-ring (bicyclic) bond motifs is 2. The van der Waals surface area contributed by atoms with Gasteiger partial charge in [-0.3, -0.25) is 9.78 Å². The van der Waals surface area contributed by atoms with Crippen LogP contribution in [-0.2, 0) is 24.5 Å². The second-order valence-electron chi connectivity index (χ2n) is 7.38. The molecule has 0 unspecified atom stereocenters. The summed E-state index contributed by atoms with van der Waals surface area (Å²) in [6.45, 7) is 5.55. The molecule has 1 N–H and O–H groups in total. The molecule has 0 atom stereocenters. The van der Waals surface area contributed by atoms with E-state index >= 15 is 0 Å². The molecule has 140 valence electrons. The van der Waals surface area contributed by atoms with Crippen LogP contribution in [0.2, 0.25) is 0 Å². The van der Waals surface area contributed by atoms with E-state index in [-0.39, 0.29) is 12.0 Å². The lowest BCUT2D eigenvalue weighted by Crippen LogP contribution is -2.39. The van der Waals surface area contributed by atoms with Gasteiger partial charge in [-0.15, -0.1) is 0 Å². The molecule has 5 heterocycles. The monoisotopic (exact) mass is 366 g/mol. The number of hydrogen-bond donors (Lipinski definition) is 1. The van der Waals surface area contributed by atoms with Crippen molar-refractivity contribution in [1.82, 2.24) is 15.3 Å². The molecule has 0 bridgehead atoms. The van der Waals surface area contributed by atoms with Crippen LogP contribution in [-0.4, -0.2) is 35.1 Å². The number of ether oxygens (including phenoxy) is 2. The van der Waals surface area contributed by atoms with Gasteiger partial charge in [-0.2, -0.15) is 0 Å². The molecule has 1 fully saturated rings. The van der Waals surface area contributed by atoms with Crippen LogP contribution in [0.1, 0.15) is 45.7 Å². The molecule has 2 aromatic heterocycles. The topological polar surface area (TPSA) is 76.6 Å². The van der Waals surface area contributed by atoms with E-state index in [9.17, 15) is 4.79 Å². The van der Waals surface area contributed by atoms with E-state index < -0.39 is 0 Å². The highest BCUT2D eigenvalue weighted by atomic mass is 16.5. The molecule has 5 rings (SSSR count). The summed E-state index contributed by atoms with van der Waals surface area (Å²) in [6, 6.07) is 4.01. The van der Waals surface area contributed by atoms with E-state index in [0.29, 0.717) is 25.3 Å². The molecule has 1 saturated heterocycles. The van der Waals surface area contributed by atoms with Crippen LogP contribution in [0.15, 0.2) is 18.3 Å². The summed E-state index contributed by atoms with van der Waals surface area (Å²) in [5.41, 5.74) is 4.76. The molecule has 1 amide bonds. The molecule has 7 heteroatoms. The van der Waals surface area contributed by atoms with Crippen molar-refractivity contribution in [2.75, 3.05) is 18.0 Å². The van der Waals surface area contributed by atoms with E-state index in [1.165, 1.54) is 0 Å². The Kier molecular flexibility index (Phi) is 3.97. The average molecular weight is 366 g/mol. The fraction of sp³-hybridized carbons (Fsp3) is 0.450. The van der Waals surface area contributed by atoms with Crippen molar-refractivity contribution < 1.29 is 14.3 Å². The van der Waals surface area contributed by atoms with Gasteiger partial charge in [0, 0.05) is 31.5 Å². The number of hydrogen-bond acceptors (Lipinski definition) is 6. The first-order valence-electron chi connectivity index (χ1n) is 9.43. The van der Waals surface area contributed by atoms with Gasteiger partial charge in [0.1, 0.15) is 17.7 Å². The molecule has 0 saturated carbocycles. The molecule has 2 aromatic rings. The molecule has 0 aliphatic carbocycles. The summed E-state index contributed by atoms with van der Waals surface area (Å²) in [7, 11) is 0. The predicted molar refractivity (Wildman–Crippen MR) is 98.7 cm³/mol. The van der Waals surface area contributed by atoms with Crippen molar-refractivity contribution >= 4 is 11.7 Å². The first-order chi connectivity index (χ1) is 13.2. The van der Waals surface area contributed by atoms with E-state index in [1.54, 1.807) is 6.20 Å². The number of nitrogens with one attached hydrogen (secondary N) is 1. The Bertz CT molecular complexity index is 906. The number of carbonyl (C=O) groups excluding carboxylic acids is 1. The third-order valence-corrected chi connectivity index (χ3v) is 5.50. The molecular weight excluding hydrogens is 344 g/mol. The molecule has 3 aliphatic heterocycles. The highest BCUT2D eigenvalue weighted by Gasteiger charge is 2.27. The Labute approximate surface area is 157 Å². The average Bonchev–Trinajstić information content (AvgIpc) is 3.28. The molecule has 3 aliphatic rings. The number of pyridine rings is 2. The minimum absolute atomic E-state index is 0.0207. The van der Waals surface area contributed by atoms with Gasteiger partial charge in [0.15, 0.2) is 0 Å². The zero-order valence-corrected chi connectivity index (χ0v) is 15.3. The summed E-state index contributed by atoms with van der Waals surface area (Å²) in [5.74, 6) is 1.79. The number of piperidine rings is 1. The molecular formula is C20H22N4O3. The number of rotatable bonds is 3. The minimum Gasteiger partial charge on any atom is -0.489 e. The van der Waals surface area contributed by atoms with Gasteiger partial charge >= 0.3 is 0 Å². The van der Waals surface area contributed by atoms with Crippen molar-refractivity contribution in [2.45, 2.75) is 45.6 Å². The first kappa shape index (κ1) is 16.5. The highest BCUT2D eigenvalue weighted by molar-refractivity contribution is 5.98. The van der Waals surface area contributed by atoms with Crippen molar-refractivity contribution in [1.29, 1.82) is 0 Å². The summed E-state index contributed by atoms with van der Waals surface area (Å²) in [5, 5.41) is 2.84. The summed E-state index contributed by atoms with van der Waals surface area (Å²) < 4.78 is 11.6. The van der Waals surface area contributed by atoms with Gasteiger partial charge in [0.05, 0.1) is 42.9 Å². The lowest BCUT2D eigenvalue weighted by molar-refractivity contribution is 0.0965. The number of nitrogens with zero attached hydrogens (tertiary/aromatic N) is 3. The molecule has 0 aromatic carbocycles. The number of aryl methyl sites for hydroxylation is 1. The van der Waals surface area contributed by atoms with Crippen molar-refractivity contribution in [3.63, 3.8) is 0 Å². The third kappa shape index (κ3) is 3.02. The van der Waals surface area contributed by atoms with E-state index in [1.807, 2.05) is 13.0 Å². The fourth-order valence-corrected chi connectivity index (χ4v) is 4.02. The van der Waals surface area contributed by atoms with Crippen molar-refractivity contribution in [2.24, 2.45) is 0 Å². The van der Waals surface area contributed by atoms with Crippen molar-refractivity contribution in [3.05, 3.63) is 46.4 Å². The quantitative estimate of drug-likeness (QED) is 0.897. The number of anilines is 1. The van der Waals surface area contributed by atoms with Crippen LogP contribution in [0.5, 0.6) is 5.75 Å². The smallest absolute Gasteiger partial charge is 0.253 e.